The van der Waals surface area contributed by atoms with Gasteiger partial charge in [-0.2, -0.15) is 5.10 Å². The summed E-state index contributed by atoms with van der Waals surface area (Å²) in [6.07, 6.45) is 2.41. The molecule has 0 bridgehead atoms. The van der Waals surface area contributed by atoms with Crippen LogP contribution in [0.2, 0.25) is 0 Å². The van der Waals surface area contributed by atoms with Crippen molar-refractivity contribution in [2.75, 3.05) is 6.54 Å². The van der Waals surface area contributed by atoms with Crippen molar-refractivity contribution < 1.29 is 5.11 Å². The number of rotatable bonds is 7. The van der Waals surface area contributed by atoms with Crippen LogP contribution in [0.4, 0.5) is 0 Å². The van der Waals surface area contributed by atoms with E-state index in [9.17, 15) is 5.11 Å². The SMILES string of the molecule is CCn1nccc1CNCC(O)CC(C)C. The fraction of sp³-hybridized carbons (Fsp3) is 0.750. The van der Waals surface area contributed by atoms with E-state index in [2.05, 4.69) is 31.2 Å². The lowest BCUT2D eigenvalue weighted by atomic mass is 10.1. The molecule has 2 N–H and O–H groups in total. The minimum absolute atomic E-state index is 0.252. The first-order valence-corrected chi connectivity index (χ1v) is 6.03. The Morgan fingerprint density at radius 3 is 2.88 bits per heavy atom. The van der Waals surface area contributed by atoms with Crippen molar-refractivity contribution in [2.45, 2.75) is 46.4 Å². The summed E-state index contributed by atoms with van der Waals surface area (Å²) >= 11 is 0. The van der Waals surface area contributed by atoms with Crippen LogP contribution in [0.25, 0.3) is 0 Å². The molecule has 0 saturated heterocycles. The van der Waals surface area contributed by atoms with Gasteiger partial charge in [0.25, 0.3) is 0 Å². The summed E-state index contributed by atoms with van der Waals surface area (Å²) < 4.78 is 1.96. The normalized spacial score (nSPS) is 13.3. The maximum atomic E-state index is 9.69. The second-order valence-electron chi connectivity index (χ2n) is 4.55. The number of nitrogens with zero attached hydrogens (tertiary/aromatic N) is 2. The molecule has 0 aromatic carbocycles. The highest BCUT2D eigenvalue weighted by Crippen LogP contribution is 2.04. The lowest BCUT2D eigenvalue weighted by Crippen LogP contribution is -2.28. The van der Waals surface area contributed by atoms with Crippen LogP contribution in [0.3, 0.4) is 0 Å². The van der Waals surface area contributed by atoms with Crippen LogP contribution in [0.5, 0.6) is 0 Å². The van der Waals surface area contributed by atoms with Gasteiger partial charge in [-0.3, -0.25) is 4.68 Å². The monoisotopic (exact) mass is 225 g/mol. The zero-order chi connectivity index (χ0) is 12.0. The van der Waals surface area contributed by atoms with Gasteiger partial charge in [-0.05, 0) is 25.3 Å². The quantitative estimate of drug-likeness (QED) is 0.737. The largest absolute Gasteiger partial charge is 0.392 e. The molecule has 0 amide bonds. The van der Waals surface area contributed by atoms with Crippen LogP contribution in [-0.2, 0) is 13.1 Å². The van der Waals surface area contributed by atoms with Crippen LogP contribution in [0, 0.1) is 5.92 Å². The summed E-state index contributed by atoms with van der Waals surface area (Å²) in [6.45, 7) is 8.61. The lowest BCUT2D eigenvalue weighted by molar-refractivity contribution is 0.146. The Morgan fingerprint density at radius 1 is 1.50 bits per heavy atom. The van der Waals surface area contributed by atoms with Crippen molar-refractivity contribution >= 4 is 0 Å². The highest BCUT2D eigenvalue weighted by atomic mass is 16.3. The molecule has 4 nitrogen and oxygen atoms in total. The number of aliphatic hydroxyl groups is 1. The Morgan fingerprint density at radius 2 is 2.25 bits per heavy atom. The maximum absolute atomic E-state index is 9.69. The van der Waals surface area contributed by atoms with E-state index in [1.165, 1.54) is 5.69 Å². The van der Waals surface area contributed by atoms with Gasteiger partial charge in [-0.1, -0.05) is 13.8 Å². The van der Waals surface area contributed by atoms with Gasteiger partial charge in [0.05, 0.1) is 11.8 Å². The fourth-order valence-electron chi connectivity index (χ4n) is 1.79. The van der Waals surface area contributed by atoms with Crippen molar-refractivity contribution in [2.24, 2.45) is 5.92 Å². The summed E-state index contributed by atoms with van der Waals surface area (Å²) in [7, 11) is 0. The Labute approximate surface area is 97.7 Å². The van der Waals surface area contributed by atoms with Gasteiger partial charge in [-0.25, -0.2) is 0 Å². The van der Waals surface area contributed by atoms with E-state index in [1.807, 2.05) is 16.9 Å². The first-order valence-electron chi connectivity index (χ1n) is 6.03. The van der Waals surface area contributed by atoms with Crippen molar-refractivity contribution in [1.82, 2.24) is 15.1 Å². The molecule has 1 rings (SSSR count). The van der Waals surface area contributed by atoms with E-state index in [0.29, 0.717) is 12.5 Å². The van der Waals surface area contributed by atoms with Gasteiger partial charge < -0.3 is 10.4 Å². The Balaban J connectivity index is 2.25. The van der Waals surface area contributed by atoms with Crippen LogP contribution < -0.4 is 5.32 Å². The molecule has 1 heterocycles. The Bertz CT molecular complexity index is 296. The molecule has 0 aliphatic rings. The van der Waals surface area contributed by atoms with Crippen molar-refractivity contribution in [3.8, 4) is 0 Å². The first-order chi connectivity index (χ1) is 7.63. The zero-order valence-electron chi connectivity index (χ0n) is 10.5. The molecular formula is C12H23N3O. The molecule has 92 valence electrons. The summed E-state index contributed by atoms with van der Waals surface area (Å²) in [4.78, 5) is 0. The number of aliphatic hydroxyl groups excluding tert-OH is 1. The fourth-order valence-corrected chi connectivity index (χ4v) is 1.79. The third-order valence-electron chi connectivity index (χ3n) is 2.53. The number of hydrogen-bond acceptors (Lipinski definition) is 3. The second-order valence-corrected chi connectivity index (χ2v) is 4.55. The average Bonchev–Trinajstić information content (AvgIpc) is 2.64. The molecule has 1 aromatic rings. The molecule has 4 heteroatoms. The van der Waals surface area contributed by atoms with Gasteiger partial charge >= 0.3 is 0 Å². The molecule has 0 saturated carbocycles. The highest BCUT2D eigenvalue weighted by molar-refractivity contribution is 4.99. The van der Waals surface area contributed by atoms with Crippen LogP contribution in [-0.4, -0.2) is 27.5 Å². The van der Waals surface area contributed by atoms with Gasteiger partial charge in [-0.15, -0.1) is 0 Å². The summed E-state index contributed by atoms with van der Waals surface area (Å²) in [5, 5.41) is 17.1. The second kappa shape index (κ2) is 6.66. The molecular weight excluding hydrogens is 202 g/mol. The topological polar surface area (TPSA) is 50.1 Å². The number of aromatic nitrogens is 2. The van der Waals surface area contributed by atoms with Crippen LogP contribution in [0.15, 0.2) is 12.3 Å². The van der Waals surface area contributed by atoms with Crippen molar-refractivity contribution in [3.63, 3.8) is 0 Å². The molecule has 1 unspecified atom stereocenters. The minimum Gasteiger partial charge on any atom is -0.392 e. The van der Waals surface area contributed by atoms with Crippen LogP contribution >= 0.6 is 0 Å². The molecule has 1 atom stereocenters. The molecule has 1 aromatic heterocycles. The molecule has 16 heavy (non-hydrogen) atoms. The summed E-state index contributed by atoms with van der Waals surface area (Å²) in [5.41, 5.74) is 1.17. The molecule has 0 aliphatic carbocycles. The average molecular weight is 225 g/mol. The molecule has 0 radical (unpaired) electrons. The van der Waals surface area contributed by atoms with E-state index in [0.717, 1.165) is 19.5 Å². The van der Waals surface area contributed by atoms with E-state index in [1.54, 1.807) is 0 Å². The Kier molecular flexibility index (Phi) is 5.49. The zero-order valence-corrected chi connectivity index (χ0v) is 10.5. The predicted molar refractivity (Wildman–Crippen MR) is 65.1 cm³/mol. The van der Waals surface area contributed by atoms with E-state index < -0.39 is 0 Å². The van der Waals surface area contributed by atoms with Gasteiger partial charge in [0.15, 0.2) is 0 Å². The third-order valence-corrected chi connectivity index (χ3v) is 2.53. The number of aryl methyl sites for hydroxylation is 1. The summed E-state index contributed by atoms with van der Waals surface area (Å²) in [6, 6.07) is 2.01. The van der Waals surface area contributed by atoms with Crippen molar-refractivity contribution in [1.29, 1.82) is 0 Å². The van der Waals surface area contributed by atoms with E-state index >= 15 is 0 Å². The van der Waals surface area contributed by atoms with E-state index in [4.69, 9.17) is 0 Å². The third kappa shape index (κ3) is 4.33. The van der Waals surface area contributed by atoms with Gasteiger partial charge in [0.1, 0.15) is 0 Å². The molecule has 0 aliphatic heterocycles. The molecule has 0 fully saturated rings. The first kappa shape index (κ1) is 13.2. The number of hydrogen-bond donors (Lipinski definition) is 2. The van der Waals surface area contributed by atoms with Crippen LogP contribution in [0.1, 0.15) is 32.9 Å². The predicted octanol–water partition coefficient (Wildman–Crippen LogP) is 1.40. The van der Waals surface area contributed by atoms with E-state index in [-0.39, 0.29) is 6.10 Å². The van der Waals surface area contributed by atoms with Gasteiger partial charge in [0, 0.05) is 25.8 Å². The summed E-state index contributed by atoms with van der Waals surface area (Å²) in [5.74, 6) is 0.540. The standard InChI is InChI=1S/C12H23N3O/c1-4-15-11(5-6-14-15)8-13-9-12(16)7-10(2)3/h5-6,10,12-13,16H,4,7-9H2,1-3H3. The van der Waals surface area contributed by atoms with Gasteiger partial charge in [0.2, 0.25) is 0 Å². The minimum atomic E-state index is -0.252. The lowest BCUT2D eigenvalue weighted by Gasteiger charge is -2.14. The number of nitrogens with one attached hydrogen (secondary N) is 1. The van der Waals surface area contributed by atoms with Crippen molar-refractivity contribution in [3.05, 3.63) is 18.0 Å². The maximum Gasteiger partial charge on any atom is 0.0667 e. The Hall–Kier alpha value is -0.870. The highest BCUT2D eigenvalue weighted by Gasteiger charge is 2.07. The molecule has 0 spiro atoms. The smallest absolute Gasteiger partial charge is 0.0667 e.